The number of esters is 1. The molecule has 0 aliphatic heterocycles. The van der Waals surface area contributed by atoms with Crippen molar-refractivity contribution in [3.63, 3.8) is 0 Å². The number of ether oxygens (including phenoxy) is 2. The quantitative estimate of drug-likeness (QED) is 0.383. The molecule has 0 unspecified atom stereocenters. The van der Waals surface area contributed by atoms with Crippen molar-refractivity contribution in [3.8, 4) is 0 Å². The summed E-state index contributed by atoms with van der Waals surface area (Å²) in [5.41, 5.74) is -1.58. The lowest BCUT2D eigenvalue weighted by Gasteiger charge is -2.31. The van der Waals surface area contributed by atoms with Gasteiger partial charge in [0.05, 0.1) is 6.61 Å². The monoisotopic (exact) mass is 346 g/mol. The largest absolute Gasteiger partial charge is 0.466 e. The maximum absolute atomic E-state index is 12.1. The molecule has 1 fully saturated rings. The molecule has 138 valence electrons. The third-order valence-electron chi connectivity index (χ3n) is 3.87. The van der Waals surface area contributed by atoms with E-state index in [4.69, 9.17) is 9.47 Å². The molecular formula is C15H26N2O7. The average molecular weight is 346 g/mol. The summed E-state index contributed by atoms with van der Waals surface area (Å²) in [6, 6.07) is 0. The summed E-state index contributed by atoms with van der Waals surface area (Å²) in [7, 11) is 0. The van der Waals surface area contributed by atoms with Crippen molar-refractivity contribution < 1.29 is 29.1 Å². The molecule has 1 amide bonds. The molecular weight excluding hydrogens is 320 g/mol. The molecule has 0 aromatic carbocycles. The van der Waals surface area contributed by atoms with Crippen molar-refractivity contribution in [3.05, 3.63) is 10.1 Å². The maximum Gasteiger partial charge on any atom is 0.408 e. The number of nitrogens with zero attached hydrogens (tertiary/aromatic N) is 1. The molecule has 0 saturated heterocycles. The molecule has 0 bridgehead atoms. The Balaban J connectivity index is 2.92. The van der Waals surface area contributed by atoms with E-state index in [1.165, 1.54) is 0 Å². The van der Waals surface area contributed by atoms with E-state index >= 15 is 0 Å². The van der Waals surface area contributed by atoms with Gasteiger partial charge in [0, 0.05) is 23.0 Å². The summed E-state index contributed by atoms with van der Waals surface area (Å²) in [5.74, 6) is -2.69. The fraction of sp³-hybridized carbons (Fsp3) is 0.867. The molecule has 1 saturated carbocycles. The smallest absolute Gasteiger partial charge is 0.408 e. The lowest BCUT2D eigenvalue weighted by Crippen LogP contribution is -2.51. The van der Waals surface area contributed by atoms with Crippen molar-refractivity contribution in [1.29, 1.82) is 0 Å². The second kappa shape index (κ2) is 7.78. The molecule has 0 aromatic rings. The van der Waals surface area contributed by atoms with E-state index < -0.39 is 53.1 Å². The van der Waals surface area contributed by atoms with E-state index in [1.54, 1.807) is 27.7 Å². The van der Waals surface area contributed by atoms with Crippen LogP contribution in [0.25, 0.3) is 0 Å². The molecule has 0 heterocycles. The van der Waals surface area contributed by atoms with E-state index in [2.05, 4.69) is 5.32 Å². The lowest BCUT2D eigenvalue weighted by molar-refractivity contribution is -0.488. The molecule has 24 heavy (non-hydrogen) atoms. The zero-order valence-electron chi connectivity index (χ0n) is 14.5. The number of nitrogens with one attached hydrogen (secondary N) is 1. The van der Waals surface area contributed by atoms with Gasteiger partial charge >= 0.3 is 12.1 Å². The van der Waals surface area contributed by atoms with Gasteiger partial charge in [-0.15, -0.1) is 0 Å². The molecule has 2 N–H and O–H groups in total. The van der Waals surface area contributed by atoms with E-state index in [1.807, 2.05) is 0 Å². The van der Waals surface area contributed by atoms with Crippen LogP contribution in [0, 0.1) is 22.0 Å². The van der Waals surface area contributed by atoms with Gasteiger partial charge in [-0.3, -0.25) is 14.9 Å². The summed E-state index contributed by atoms with van der Waals surface area (Å²) >= 11 is 0. The first kappa shape index (κ1) is 20.1. The second-order valence-electron chi connectivity index (χ2n) is 6.95. The number of aliphatic hydroxyl groups is 1. The van der Waals surface area contributed by atoms with Crippen molar-refractivity contribution in [2.24, 2.45) is 11.8 Å². The van der Waals surface area contributed by atoms with Crippen LogP contribution in [0.2, 0.25) is 0 Å². The van der Waals surface area contributed by atoms with Gasteiger partial charge in [0.1, 0.15) is 11.5 Å². The first-order valence-corrected chi connectivity index (χ1v) is 7.95. The minimum Gasteiger partial charge on any atom is -0.466 e. The minimum atomic E-state index is -1.14. The predicted molar refractivity (Wildman–Crippen MR) is 83.9 cm³/mol. The van der Waals surface area contributed by atoms with E-state index in [9.17, 15) is 24.8 Å². The van der Waals surface area contributed by atoms with Gasteiger partial charge in [0.15, 0.2) is 0 Å². The van der Waals surface area contributed by atoms with Crippen LogP contribution in [0.4, 0.5) is 4.79 Å². The van der Waals surface area contributed by atoms with Gasteiger partial charge in [0.2, 0.25) is 6.54 Å². The Morgan fingerprint density at radius 1 is 1.38 bits per heavy atom. The highest BCUT2D eigenvalue weighted by atomic mass is 16.6. The Hall–Kier alpha value is -1.90. The fourth-order valence-corrected chi connectivity index (χ4v) is 2.69. The molecule has 1 aliphatic carbocycles. The Morgan fingerprint density at radius 2 is 1.96 bits per heavy atom. The number of nitro groups is 1. The van der Waals surface area contributed by atoms with Gasteiger partial charge in [0.25, 0.3) is 0 Å². The minimum absolute atomic E-state index is 0.0810. The third-order valence-corrected chi connectivity index (χ3v) is 3.87. The molecule has 9 heteroatoms. The van der Waals surface area contributed by atoms with Crippen LogP contribution in [-0.4, -0.2) is 53.0 Å². The first-order chi connectivity index (χ1) is 11.0. The van der Waals surface area contributed by atoms with Crippen molar-refractivity contribution in [2.45, 2.75) is 51.7 Å². The number of amides is 1. The zero-order valence-corrected chi connectivity index (χ0v) is 14.5. The first-order valence-electron chi connectivity index (χ1n) is 7.95. The number of hydrogen-bond donors (Lipinski definition) is 2. The fourth-order valence-electron chi connectivity index (χ4n) is 2.69. The predicted octanol–water partition coefficient (Wildman–Crippen LogP) is 1.11. The van der Waals surface area contributed by atoms with Gasteiger partial charge in [-0.25, -0.2) is 4.79 Å². The van der Waals surface area contributed by atoms with Gasteiger partial charge in [-0.2, -0.15) is 0 Å². The number of carbonyl (C=O) groups excluding carboxylic acids is 2. The van der Waals surface area contributed by atoms with E-state index in [0.717, 1.165) is 0 Å². The van der Waals surface area contributed by atoms with Crippen LogP contribution >= 0.6 is 0 Å². The standard InChI is InChI=1S/C15H26N2O7/c1-5-23-12(19)10(8-17(21)22)11(9-18)15(6-7-15)16-13(20)24-14(2,3)4/h10-11,18H,5-9H2,1-4H3,(H,16,20)/t10-,11-/m1/s1. The zero-order chi connectivity index (χ0) is 18.5. The third kappa shape index (κ3) is 5.63. The van der Waals surface area contributed by atoms with Crippen LogP contribution in [0.15, 0.2) is 0 Å². The summed E-state index contributed by atoms with van der Waals surface area (Å²) in [4.78, 5) is 34.4. The highest BCUT2D eigenvalue weighted by Gasteiger charge is 2.56. The highest BCUT2D eigenvalue weighted by Crippen LogP contribution is 2.46. The SMILES string of the molecule is CCOC(=O)[C@H](C[N+](=O)[O-])[C@@H](CO)C1(NC(=O)OC(C)(C)C)CC1. The Labute approximate surface area is 140 Å². The van der Waals surface area contributed by atoms with Gasteiger partial charge in [-0.05, 0) is 40.5 Å². The molecule has 0 spiro atoms. The van der Waals surface area contributed by atoms with Crippen LogP contribution in [-0.2, 0) is 14.3 Å². The number of hydrogen-bond acceptors (Lipinski definition) is 7. The van der Waals surface area contributed by atoms with Crippen molar-refractivity contribution >= 4 is 12.1 Å². The van der Waals surface area contributed by atoms with Crippen LogP contribution in [0.3, 0.4) is 0 Å². The summed E-state index contributed by atoms with van der Waals surface area (Å²) < 4.78 is 10.1. The lowest BCUT2D eigenvalue weighted by atomic mass is 9.84. The number of aliphatic hydroxyl groups excluding tert-OH is 1. The summed E-state index contributed by atoms with van der Waals surface area (Å²) in [6.07, 6.45) is 0.332. The summed E-state index contributed by atoms with van der Waals surface area (Å²) in [6.45, 7) is 5.67. The number of alkyl carbamates (subject to hydrolysis) is 1. The molecule has 0 radical (unpaired) electrons. The number of carbonyl (C=O) groups is 2. The second-order valence-corrected chi connectivity index (χ2v) is 6.95. The van der Waals surface area contributed by atoms with Crippen LogP contribution in [0.1, 0.15) is 40.5 Å². The normalized spacial score (nSPS) is 18.2. The van der Waals surface area contributed by atoms with Crippen molar-refractivity contribution in [2.75, 3.05) is 19.8 Å². The van der Waals surface area contributed by atoms with Gasteiger partial charge < -0.3 is 19.9 Å². The number of rotatable bonds is 8. The highest BCUT2D eigenvalue weighted by molar-refractivity contribution is 5.74. The molecule has 1 rings (SSSR count). The molecule has 0 aromatic heterocycles. The topological polar surface area (TPSA) is 128 Å². The molecule has 1 aliphatic rings. The van der Waals surface area contributed by atoms with Gasteiger partial charge in [-0.1, -0.05) is 0 Å². The Bertz CT molecular complexity index is 483. The summed E-state index contributed by atoms with van der Waals surface area (Å²) in [5, 5.41) is 23.3. The molecule has 9 nitrogen and oxygen atoms in total. The average Bonchev–Trinajstić information content (AvgIpc) is 3.16. The van der Waals surface area contributed by atoms with E-state index in [0.29, 0.717) is 12.8 Å². The Morgan fingerprint density at radius 3 is 2.33 bits per heavy atom. The van der Waals surface area contributed by atoms with E-state index in [-0.39, 0.29) is 6.61 Å². The van der Waals surface area contributed by atoms with Crippen molar-refractivity contribution in [1.82, 2.24) is 5.32 Å². The Kier molecular flexibility index (Phi) is 6.53. The maximum atomic E-state index is 12.1. The van der Waals surface area contributed by atoms with Crippen LogP contribution < -0.4 is 5.32 Å². The van der Waals surface area contributed by atoms with Crippen LogP contribution in [0.5, 0.6) is 0 Å². The molecule has 2 atom stereocenters.